The maximum absolute atomic E-state index is 11.4. The normalized spacial score (nSPS) is 18.9. The molecule has 1 rings (SSSR count). The summed E-state index contributed by atoms with van der Waals surface area (Å²) in [6, 6.07) is 0. The number of hydrogen-bond acceptors (Lipinski definition) is 3. The molecular formula is C12H22O3. The van der Waals surface area contributed by atoms with Crippen molar-refractivity contribution in [3.8, 4) is 0 Å². The van der Waals surface area contributed by atoms with Crippen LogP contribution in [0.4, 0.5) is 0 Å². The topological polar surface area (TPSA) is 35.5 Å². The van der Waals surface area contributed by atoms with Gasteiger partial charge in [0.2, 0.25) is 0 Å². The lowest BCUT2D eigenvalue weighted by Gasteiger charge is -2.23. The molecule has 0 aromatic carbocycles. The summed E-state index contributed by atoms with van der Waals surface area (Å²) in [5, 5.41) is 0. The molecule has 1 aliphatic rings. The average Bonchev–Trinajstić information content (AvgIpc) is 2.14. The highest BCUT2D eigenvalue weighted by Crippen LogP contribution is 2.20. The minimum absolute atomic E-state index is 0.0991. The number of rotatable bonds is 3. The van der Waals surface area contributed by atoms with Crippen LogP contribution in [0.1, 0.15) is 52.9 Å². The van der Waals surface area contributed by atoms with Crippen molar-refractivity contribution >= 4 is 5.97 Å². The quantitative estimate of drug-likeness (QED) is 0.677. The van der Waals surface area contributed by atoms with Gasteiger partial charge in [-0.15, -0.1) is 0 Å². The van der Waals surface area contributed by atoms with Gasteiger partial charge in [0.05, 0.1) is 6.10 Å². The third-order valence-corrected chi connectivity index (χ3v) is 2.41. The van der Waals surface area contributed by atoms with Gasteiger partial charge in [-0.1, -0.05) is 19.3 Å². The zero-order chi connectivity index (χ0) is 11.3. The van der Waals surface area contributed by atoms with Gasteiger partial charge in [0, 0.05) is 0 Å². The van der Waals surface area contributed by atoms with Gasteiger partial charge in [-0.2, -0.15) is 0 Å². The van der Waals surface area contributed by atoms with Crippen molar-refractivity contribution in [2.24, 2.45) is 0 Å². The third-order valence-electron chi connectivity index (χ3n) is 2.41. The highest BCUT2D eigenvalue weighted by Gasteiger charge is 2.19. The summed E-state index contributed by atoms with van der Waals surface area (Å²) in [6.45, 7) is 5.70. The van der Waals surface area contributed by atoms with Crippen molar-refractivity contribution in [1.29, 1.82) is 0 Å². The molecule has 88 valence electrons. The van der Waals surface area contributed by atoms with Crippen LogP contribution < -0.4 is 0 Å². The first kappa shape index (κ1) is 12.5. The number of ether oxygens (including phenoxy) is 2. The van der Waals surface area contributed by atoms with Gasteiger partial charge in [-0.05, 0) is 33.6 Å². The van der Waals surface area contributed by atoms with E-state index in [0.29, 0.717) is 0 Å². The molecule has 0 saturated heterocycles. The zero-order valence-corrected chi connectivity index (χ0v) is 10.0. The molecule has 3 heteroatoms. The molecule has 0 aliphatic heterocycles. The predicted octanol–water partition coefficient (Wildman–Crippen LogP) is 2.68. The van der Waals surface area contributed by atoms with Crippen LogP contribution in [0.2, 0.25) is 0 Å². The first-order valence-electron chi connectivity index (χ1n) is 5.81. The summed E-state index contributed by atoms with van der Waals surface area (Å²) in [7, 11) is 0. The van der Waals surface area contributed by atoms with E-state index in [4.69, 9.17) is 9.47 Å². The monoisotopic (exact) mass is 214 g/mol. The predicted molar refractivity (Wildman–Crippen MR) is 58.7 cm³/mol. The SMILES string of the molecule is CC(C)(C)OC(=O)COC1CCCCC1. The number of esters is 1. The van der Waals surface area contributed by atoms with Gasteiger partial charge in [0.25, 0.3) is 0 Å². The van der Waals surface area contributed by atoms with Crippen molar-refractivity contribution in [3.05, 3.63) is 0 Å². The Morgan fingerprint density at radius 3 is 2.33 bits per heavy atom. The molecule has 1 aliphatic carbocycles. The summed E-state index contributed by atoms with van der Waals surface area (Å²) in [4.78, 5) is 11.4. The van der Waals surface area contributed by atoms with E-state index in [9.17, 15) is 4.79 Å². The van der Waals surface area contributed by atoms with Gasteiger partial charge in [0.15, 0.2) is 0 Å². The van der Waals surface area contributed by atoms with Gasteiger partial charge >= 0.3 is 5.97 Å². The van der Waals surface area contributed by atoms with Crippen molar-refractivity contribution in [1.82, 2.24) is 0 Å². The Hall–Kier alpha value is -0.570. The second-order valence-corrected chi connectivity index (χ2v) is 5.16. The van der Waals surface area contributed by atoms with E-state index in [2.05, 4.69) is 0 Å². The molecule has 0 heterocycles. The van der Waals surface area contributed by atoms with E-state index in [0.717, 1.165) is 12.8 Å². The molecule has 0 bridgehead atoms. The minimum Gasteiger partial charge on any atom is -0.458 e. The lowest BCUT2D eigenvalue weighted by molar-refractivity contribution is -0.162. The molecule has 0 atom stereocenters. The Kier molecular flexibility index (Phi) is 4.58. The van der Waals surface area contributed by atoms with Crippen molar-refractivity contribution in [3.63, 3.8) is 0 Å². The summed E-state index contributed by atoms with van der Waals surface area (Å²) in [5.74, 6) is -0.256. The average molecular weight is 214 g/mol. The van der Waals surface area contributed by atoms with E-state index in [1.54, 1.807) is 0 Å². The van der Waals surface area contributed by atoms with E-state index < -0.39 is 5.60 Å². The lowest BCUT2D eigenvalue weighted by Crippen LogP contribution is -2.28. The molecule has 1 saturated carbocycles. The first-order valence-corrected chi connectivity index (χ1v) is 5.81. The largest absolute Gasteiger partial charge is 0.458 e. The van der Waals surface area contributed by atoms with Crippen LogP contribution in [0, 0.1) is 0 Å². The summed E-state index contributed by atoms with van der Waals surface area (Å²) in [6.07, 6.45) is 6.18. The molecular weight excluding hydrogens is 192 g/mol. The number of hydrogen-bond donors (Lipinski definition) is 0. The Bertz CT molecular complexity index is 199. The molecule has 0 aromatic rings. The van der Waals surface area contributed by atoms with Crippen molar-refractivity contribution in [2.45, 2.75) is 64.6 Å². The summed E-state index contributed by atoms with van der Waals surface area (Å²) in [5.41, 5.74) is -0.410. The Labute approximate surface area is 92.1 Å². The fourth-order valence-corrected chi connectivity index (χ4v) is 1.79. The van der Waals surface area contributed by atoms with E-state index >= 15 is 0 Å². The van der Waals surface area contributed by atoms with Crippen LogP contribution in [-0.2, 0) is 14.3 Å². The van der Waals surface area contributed by atoms with E-state index in [1.807, 2.05) is 20.8 Å². The van der Waals surface area contributed by atoms with Crippen LogP contribution in [0.15, 0.2) is 0 Å². The summed E-state index contributed by atoms with van der Waals surface area (Å²) >= 11 is 0. The molecule has 1 fully saturated rings. The molecule has 0 spiro atoms. The van der Waals surface area contributed by atoms with Crippen molar-refractivity contribution in [2.75, 3.05) is 6.61 Å². The number of carbonyl (C=O) groups is 1. The maximum atomic E-state index is 11.4. The molecule has 3 nitrogen and oxygen atoms in total. The highest BCUT2D eigenvalue weighted by molar-refractivity contribution is 5.71. The highest BCUT2D eigenvalue weighted by atomic mass is 16.6. The van der Waals surface area contributed by atoms with Crippen LogP contribution in [-0.4, -0.2) is 24.3 Å². The van der Waals surface area contributed by atoms with Crippen LogP contribution >= 0.6 is 0 Å². The smallest absolute Gasteiger partial charge is 0.332 e. The lowest BCUT2D eigenvalue weighted by atomic mass is 9.98. The van der Waals surface area contributed by atoms with E-state index in [1.165, 1.54) is 19.3 Å². The second-order valence-electron chi connectivity index (χ2n) is 5.16. The molecule has 0 N–H and O–H groups in total. The molecule has 15 heavy (non-hydrogen) atoms. The summed E-state index contributed by atoms with van der Waals surface area (Å²) < 4.78 is 10.7. The zero-order valence-electron chi connectivity index (χ0n) is 10.0. The van der Waals surface area contributed by atoms with Crippen molar-refractivity contribution < 1.29 is 14.3 Å². The Morgan fingerprint density at radius 1 is 1.20 bits per heavy atom. The van der Waals surface area contributed by atoms with Gasteiger partial charge < -0.3 is 9.47 Å². The molecule has 0 amide bonds. The Morgan fingerprint density at radius 2 is 1.80 bits per heavy atom. The molecule has 0 aromatic heterocycles. The number of carbonyl (C=O) groups excluding carboxylic acids is 1. The van der Waals surface area contributed by atoms with E-state index in [-0.39, 0.29) is 18.7 Å². The van der Waals surface area contributed by atoms with Gasteiger partial charge in [0.1, 0.15) is 12.2 Å². The van der Waals surface area contributed by atoms with Crippen LogP contribution in [0.3, 0.4) is 0 Å². The third kappa shape index (κ3) is 5.78. The fourth-order valence-electron chi connectivity index (χ4n) is 1.79. The van der Waals surface area contributed by atoms with Gasteiger partial charge in [-0.25, -0.2) is 4.79 Å². The molecule has 0 unspecified atom stereocenters. The minimum atomic E-state index is -0.410. The maximum Gasteiger partial charge on any atom is 0.332 e. The second kappa shape index (κ2) is 5.50. The molecule has 0 radical (unpaired) electrons. The fraction of sp³-hybridized carbons (Fsp3) is 0.917. The standard InChI is InChI=1S/C12H22O3/c1-12(2,3)15-11(13)9-14-10-7-5-4-6-8-10/h10H,4-9H2,1-3H3. The van der Waals surface area contributed by atoms with Crippen LogP contribution in [0.25, 0.3) is 0 Å². The Balaban J connectivity index is 2.15. The first-order chi connectivity index (χ1) is 6.97. The van der Waals surface area contributed by atoms with Gasteiger partial charge in [-0.3, -0.25) is 0 Å². The van der Waals surface area contributed by atoms with Crippen LogP contribution in [0.5, 0.6) is 0 Å².